The topological polar surface area (TPSA) is 108 Å². The Morgan fingerprint density at radius 2 is 0.600 bits per heavy atom. The van der Waals surface area contributed by atoms with Gasteiger partial charge in [-0.2, -0.15) is 0 Å². The quantitative estimate of drug-likeness (QED) is 0.0211. The second kappa shape index (κ2) is 71.8. The zero-order valence-corrected chi connectivity index (χ0v) is 62.1. The minimum absolute atomic E-state index is 0.0361. The summed E-state index contributed by atoms with van der Waals surface area (Å²) in [6.07, 6.45) is 91.9. The van der Waals surface area contributed by atoms with Gasteiger partial charge in [0.25, 0.3) is 0 Å². The van der Waals surface area contributed by atoms with E-state index in [1.807, 2.05) is 21.1 Å². The van der Waals surface area contributed by atoms with E-state index < -0.39 is 26.5 Å². The lowest BCUT2D eigenvalue weighted by Crippen LogP contribution is -2.37. The van der Waals surface area contributed by atoms with Crippen LogP contribution in [0.5, 0.6) is 0 Å². The van der Waals surface area contributed by atoms with Crippen molar-refractivity contribution in [3.05, 3.63) is 24.3 Å². The summed E-state index contributed by atoms with van der Waals surface area (Å²) in [5, 5.41) is 0. The molecule has 0 saturated carbocycles. The first-order valence-electron chi connectivity index (χ1n) is 40.1. The van der Waals surface area contributed by atoms with E-state index in [2.05, 4.69) is 38.2 Å². The monoisotopic (exact) mass is 1290 g/mol. The first-order chi connectivity index (χ1) is 44.0. The number of hydrogen-bond donors (Lipinski definition) is 1. The standard InChI is InChI=1S/C80H156NO8P/c1-6-8-10-12-14-16-18-20-22-24-26-28-30-32-34-36-38-40-42-44-46-48-50-52-54-56-58-60-62-64-66-68-70-72-79(82)86-76-78(77-88-90(84,85)87-75-74-81(3,4)5)89-80(83)73-71-69-67-65-63-61-59-57-55-53-51-49-47-45-43-41-39-37-35-33-31-29-27-25-23-21-19-17-15-13-11-9-7-2/h19,21,25,27,78H,6-18,20,22-24,26,28-77H2,1-5H3/p+1/b21-19-,27-25-. The van der Waals surface area contributed by atoms with Gasteiger partial charge in [-0.25, -0.2) is 4.57 Å². The number of nitrogens with zero attached hydrogens (tertiary/aromatic N) is 1. The van der Waals surface area contributed by atoms with Crippen molar-refractivity contribution < 1.29 is 42.1 Å². The molecule has 0 aliphatic heterocycles. The van der Waals surface area contributed by atoms with Gasteiger partial charge >= 0.3 is 19.8 Å². The van der Waals surface area contributed by atoms with Crippen LogP contribution in [0.1, 0.15) is 425 Å². The molecule has 10 heteroatoms. The molecule has 2 unspecified atom stereocenters. The fourth-order valence-corrected chi connectivity index (χ4v) is 13.1. The third kappa shape index (κ3) is 75.5. The maximum absolute atomic E-state index is 12.9. The highest BCUT2D eigenvalue weighted by molar-refractivity contribution is 7.47. The van der Waals surface area contributed by atoms with Gasteiger partial charge in [-0.05, 0) is 44.9 Å². The van der Waals surface area contributed by atoms with Gasteiger partial charge in [0.2, 0.25) is 0 Å². The highest BCUT2D eigenvalue weighted by Gasteiger charge is 2.27. The number of hydrogen-bond acceptors (Lipinski definition) is 7. The van der Waals surface area contributed by atoms with Crippen LogP contribution in [0.4, 0.5) is 0 Å². The van der Waals surface area contributed by atoms with Crippen molar-refractivity contribution in [1.29, 1.82) is 0 Å². The van der Waals surface area contributed by atoms with Gasteiger partial charge in [-0.15, -0.1) is 0 Å². The summed E-state index contributed by atoms with van der Waals surface area (Å²) in [6, 6.07) is 0. The summed E-state index contributed by atoms with van der Waals surface area (Å²) in [5.74, 6) is -0.769. The second-order valence-corrected chi connectivity index (χ2v) is 30.3. The van der Waals surface area contributed by atoms with Gasteiger partial charge in [0.05, 0.1) is 27.7 Å². The van der Waals surface area contributed by atoms with Crippen LogP contribution in [-0.4, -0.2) is 74.9 Å². The van der Waals surface area contributed by atoms with Crippen LogP contribution in [0.3, 0.4) is 0 Å². The Labute approximate surface area is 561 Å². The maximum Gasteiger partial charge on any atom is 0.472 e. The highest BCUT2D eigenvalue weighted by Crippen LogP contribution is 2.43. The van der Waals surface area contributed by atoms with E-state index in [0.717, 1.165) is 44.9 Å². The molecule has 2 atom stereocenters. The first kappa shape index (κ1) is 88.5. The lowest BCUT2D eigenvalue weighted by molar-refractivity contribution is -0.870. The fourth-order valence-electron chi connectivity index (χ4n) is 12.3. The molecule has 0 aliphatic rings. The summed E-state index contributed by atoms with van der Waals surface area (Å²) in [7, 11) is 1.51. The highest BCUT2D eigenvalue weighted by atomic mass is 31.2. The summed E-state index contributed by atoms with van der Waals surface area (Å²) >= 11 is 0. The molecule has 0 heterocycles. The molecule has 0 aromatic carbocycles. The minimum atomic E-state index is -4.39. The molecule has 0 spiro atoms. The molecule has 9 nitrogen and oxygen atoms in total. The molecule has 1 N–H and O–H groups in total. The van der Waals surface area contributed by atoms with E-state index >= 15 is 0 Å². The number of carbonyl (C=O) groups is 2. The molecule has 0 radical (unpaired) electrons. The molecule has 90 heavy (non-hydrogen) atoms. The SMILES string of the molecule is CCCCCCC/C=C\C/C=C\CCCCCCCCCCCCCCCCCCCCCCCC(=O)OC(COC(=O)CCCCCCCCCCCCCCCCCCCCCCCCCCCCCCCCCCC)COP(=O)(O)OCC[N+](C)(C)C. The number of phosphoric acid groups is 1. The van der Waals surface area contributed by atoms with Crippen molar-refractivity contribution >= 4 is 19.8 Å². The zero-order chi connectivity index (χ0) is 65.5. The second-order valence-electron chi connectivity index (χ2n) is 28.8. The van der Waals surface area contributed by atoms with E-state index in [1.165, 1.54) is 353 Å². The number of carbonyl (C=O) groups excluding carboxylic acids is 2. The van der Waals surface area contributed by atoms with Crippen LogP contribution in [0.15, 0.2) is 24.3 Å². The number of quaternary nitrogens is 1. The van der Waals surface area contributed by atoms with E-state index in [1.54, 1.807) is 0 Å². The molecular weight excluding hydrogens is 1130 g/mol. The first-order valence-corrected chi connectivity index (χ1v) is 41.6. The smallest absolute Gasteiger partial charge is 0.462 e. The molecule has 0 aromatic rings. The third-order valence-corrected chi connectivity index (χ3v) is 19.5. The number of unbranched alkanes of at least 4 members (excludes halogenated alkanes) is 58. The Morgan fingerprint density at radius 3 is 0.878 bits per heavy atom. The Hall–Kier alpha value is -1.51. The average Bonchev–Trinajstić information content (AvgIpc) is 3.58. The van der Waals surface area contributed by atoms with Gasteiger partial charge in [0.15, 0.2) is 6.10 Å². The van der Waals surface area contributed by atoms with Crippen LogP contribution in [0.2, 0.25) is 0 Å². The summed E-state index contributed by atoms with van der Waals surface area (Å²) < 4.78 is 34.8. The summed E-state index contributed by atoms with van der Waals surface area (Å²) in [5.41, 5.74) is 0. The third-order valence-electron chi connectivity index (χ3n) is 18.5. The lowest BCUT2D eigenvalue weighted by Gasteiger charge is -2.24. The fraction of sp³-hybridized carbons (Fsp3) is 0.925. The number of phosphoric ester groups is 1. The normalized spacial score (nSPS) is 13.1. The molecule has 0 rings (SSSR count). The Kier molecular flexibility index (Phi) is 70.6. The van der Waals surface area contributed by atoms with Crippen LogP contribution in [0.25, 0.3) is 0 Å². The molecular formula is C80H157NO8P+. The number of rotatable bonds is 76. The summed E-state index contributed by atoms with van der Waals surface area (Å²) in [6.45, 7) is 4.52. The Morgan fingerprint density at radius 1 is 0.344 bits per heavy atom. The Bertz CT molecular complexity index is 1560. The summed E-state index contributed by atoms with van der Waals surface area (Å²) in [4.78, 5) is 36.0. The van der Waals surface area contributed by atoms with E-state index in [0.29, 0.717) is 17.4 Å². The van der Waals surface area contributed by atoms with Crippen molar-refractivity contribution in [3.63, 3.8) is 0 Å². The number of ether oxygens (including phenoxy) is 2. The minimum Gasteiger partial charge on any atom is -0.462 e. The van der Waals surface area contributed by atoms with Gasteiger partial charge in [-0.3, -0.25) is 18.6 Å². The largest absolute Gasteiger partial charge is 0.472 e. The van der Waals surface area contributed by atoms with Crippen molar-refractivity contribution in [2.24, 2.45) is 0 Å². The van der Waals surface area contributed by atoms with E-state index in [9.17, 15) is 19.0 Å². The number of allylic oxidation sites excluding steroid dienone is 4. The molecule has 0 aromatic heterocycles. The molecule has 534 valence electrons. The van der Waals surface area contributed by atoms with Crippen molar-refractivity contribution in [2.75, 3.05) is 47.5 Å². The molecule has 0 aliphatic carbocycles. The van der Waals surface area contributed by atoms with Crippen LogP contribution >= 0.6 is 7.82 Å². The average molecular weight is 1290 g/mol. The molecule has 0 amide bonds. The van der Waals surface area contributed by atoms with Crippen molar-refractivity contribution in [3.8, 4) is 0 Å². The van der Waals surface area contributed by atoms with Crippen molar-refractivity contribution in [1.82, 2.24) is 0 Å². The molecule has 0 bridgehead atoms. The predicted octanol–water partition coefficient (Wildman–Crippen LogP) is 26.4. The maximum atomic E-state index is 12.9. The molecule has 0 saturated heterocycles. The van der Waals surface area contributed by atoms with Crippen LogP contribution in [-0.2, 0) is 32.7 Å². The van der Waals surface area contributed by atoms with Crippen LogP contribution in [0, 0.1) is 0 Å². The van der Waals surface area contributed by atoms with E-state index in [4.69, 9.17) is 18.5 Å². The number of esters is 2. The van der Waals surface area contributed by atoms with Gasteiger partial charge in [0, 0.05) is 12.8 Å². The van der Waals surface area contributed by atoms with E-state index in [-0.39, 0.29) is 25.6 Å². The van der Waals surface area contributed by atoms with Gasteiger partial charge < -0.3 is 18.9 Å². The van der Waals surface area contributed by atoms with Gasteiger partial charge in [0.1, 0.15) is 19.8 Å². The number of likely N-dealkylation sites (N-methyl/N-ethyl adjacent to an activating group) is 1. The lowest BCUT2D eigenvalue weighted by atomic mass is 10.0. The van der Waals surface area contributed by atoms with Crippen molar-refractivity contribution in [2.45, 2.75) is 431 Å². The Balaban J connectivity index is 3.90. The van der Waals surface area contributed by atoms with Crippen LogP contribution < -0.4 is 0 Å². The molecule has 0 fully saturated rings. The van der Waals surface area contributed by atoms with Gasteiger partial charge in [-0.1, -0.05) is 391 Å². The zero-order valence-electron chi connectivity index (χ0n) is 61.2. The predicted molar refractivity (Wildman–Crippen MR) is 391 cm³/mol.